The van der Waals surface area contributed by atoms with Gasteiger partial charge in [0.25, 0.3) is 0 Å². The van der Waals surface area contributed by atoms with Gasteiger partial charge in [-0.1, -0.05) is 23.2 Å². The molecule has 0 spiro atoms. The second-order valence-electron chi connectivity index (χ2n) is 4.49. The third kappa shape index (κ3) is 2.70. The first kappa shape index (κ1) is 14.6. The summed E-state index contributed by atoms with van der Waals surface area (Å²) in [4.78, 5) is 3.90. The van der Waals surface area contributed by atoms with Crippen molar-refractivity contribution < 1.29 is 4.39 Å². The Hall–Kier alpha value is -2.32. The number of H-pyrrole nitrogens is 1. The number of aromatic nitrogens is 5. The van der Waals surface area contributed by atoms with Gasteiger partial charge in [0.05, 0.1) is 15.6 Å². The number of nitrogens with zero attached hydrogens (tertiary/aromatic N) is 4. The van der Waals surface area contributed by atoms with Gasteiger partial charge in [0.1, 0.15) is 0 Å². The Kier molecular flexibility index (Phi) is 3.63. The lowest BCUT2D eigenvalue weighted by molar-refractivity contribution is 0.555. The van der Waals surface area contributed by atoms with E-state index in [1.165, 1.54) is 10.9 Å². The van der Waals surface area contributed by atoms with Crippen LogP contribution in [0, 0.1) is 5.95 Å². The summed E-state index contributed by atoms with van der Waals surface area (Å²) in [5.41, 5.74) is 6.58. The minimum atomic E-state index is -0.645. The number of hydrogen-bond acceptors (Lipinski definition) is 5. The number of nitrogens with one attached hydrogen (secondary N) is 2. The Labute approximate surface area is 134 Å². The molecule has 22 heavy (non-hydrogen) atoms. The molecular formula is C12H10Cl2FN7. The van der Waals surface area contributed by atoms with Crippen molar-refractivity contribution in [2.24, 2.45) is 7.05 Å². The molecule has 3 rings (SSSR count). The van der Waals surface area contributed by atoms with Crippen molar-refractivity contribution in [1.29, 1.82) is 0 Å². The lowest BCUT2D eigenvalue weighted by Crippen LogP contribution is -1.94. The monoisotopic (exact) mass is 341 g/mol. The van der Waals surface area contributed by atoms with Crippen molar-refractivity contribution in [2.75, 3.05) is 11.1 Å². The van der Waals surface area contributed by atoms with Gasteiger partial charge in [0, 0.05) is 24.5 Å². The molecule has 0 amide bonds. The summed E-state index contributed by atoms with van der Waals surface area (Å²) in [5, 5.41) is 13.4. The third-order valence-electron chi connectivity index (χ3n) is 2.85. The number of nitrogen functional groups attached to an aromatic ring is 1. The van der Waals surface area contributed by atoms with E-state index in [2.05, 4.69) is 25.6 Å². The average molecular weight is 342 g/mol. The van der Waals surface area contributed by atoms with Gasteiger partial charge in [-0.3, -0.25) is 4.68 Å². The molecule has 0 unspecified atom stereocenters. The number of hydrogen-bond donors (Lipinski definition) is 3. The maximum absolute atomic E-state index is 13.8. The van der Waals surface area contributed by atoms with Gasteiger partial charge in [0.2, 0.25) is 17.8 Å². The van der Waals surface area contributed by atoms with Crippen LogP contribution in [0.2, 0.25) is 10.0 Å². The van der Waals surface area contributed by atoms with Gasteiger partial charge >= 0.3 is 0 Å². The van der Waals surface area contributed by atoms with Crippen molar-refractivity contribution >= 4 is 40.8 Å². The summed E-state index contributed by atoms with van der Waals surface area (Å²) >= 11 is 12.4. The second kappa shape index (κ2) is 5.47. The number of aromatic amines is 1. The quantitative estimate of drug-likeness (QED) is 0.680. The fourth-order valence-corrected chi connectivity index (χ4v) is 2.68. The summed E-state index contributed by atoms with van der Waals surface area (Å²) in [6.45, 7) is 0. The molecule has 1 aromatic carbocycles. The van der Waals surface area contributed by atoms with Crippen molar-refractivity contribution in [1.82, 2.24) is 25.0 Å². The van der Waals surface area contributed by atoms with Crippen LogP contribution in [0.3, 0.4) is 0 Å². The van der Waals surface area contributed by atoms with E-state index in [1.807, 2.05) is 0 Å². The average Bonchev–Trinajstić information content (AvgIpc) is 2.95. The highest BCUT2D eigenvalue weighted by molar-refractivity contribution is 6.39. The molecular weight excluding hydrogens is 332 g/mol. The minimum Gasteiger partial charge on any atom is -0.368 e. The van der Waals surface area contributed by atoms with Gasteiger partial charge in [-0.15, -0.1) is 10.2 Å². The van der Waals surface area contributed by atoms with Crippen LogP contribution in [0.1, 0.15) is 0 Å². The Balaban J connectivity index is 1.99. The summed E-state index contributed by atoms with van der Waals surface area (Å²) in [6, 6.07) is 3.17. The molecule has 10 heteroatoms. The van der Waals surface area contributed by atoms with Gasteiger partial charge in [0.15, 0.2) is 0 Å². The first-order valence-corrected chi connectivity index (χ1v) is 6.83. The highest BCUT2D eigenvalue weighted by Gasteiger charge is 2.17. The van der Waals surface area contributed by atoms with Crippen molar-refractivity contribution in [2.45, 2.75) is 0 Å². The number of nitrogens with two attached hydrogens (primary N) is 1. The number of halogens is 3. The van der Waals surface area contributed by atoms with Crippen LogP contribution < -0.4 is 11.1 Å². The number of aryl methyl sites for hydroxylation is 1. The molecule has 114 valence electrons. The molecule has 2 aromatic heterocycles. The topological polar surface area (TPSA) is 97.4 Å². The first-order valence-electron chi connectivity index (χ1n) is 6.07. The van der Waals surface area contributed by atoms with Crippen molar-refractivity contribution in [3.8, 4) is 11.1 Å². The van der Waals surface area contributed by atoms with Crippen molar-refractivity contribution in [3.63, 3.8) is 0 Å². The molecule has 0 aliphatic heterocycles. The van der Waals surface area contributed by atoms with Crippen LogP contribution in [0.15, 0.2) is 18.3 Å². The molecule has 0 saturated heterocycles. The first-order chi connectivity index (χ1) is 10.4. The van der Waals surface area contributed by atoms with Crippen molar-refractivity contribution in [3.05, 3.63) is 34.3 Å². The molecule has 0 radical (unpaired) electrons. The van der Waals surface area contributed by atoms with E-state index in [4.69, 9.17) is 28.9 Å². The Morgan fingerprint density at radius 2 is 2.00 bits per heavy atom. The molecule has 2 heterocycles. The van der Waals surface area contributed by atoms with E-state index in [1.54, 1.807) is 19.2 Å². The summed E-state index contributed by atoms with van der Waals surface area (Å²) in [6.07, 6.45) is 1.51. The van der Waals surface area contributed by atoms with E-state index in [-0.39, 0.29) is 27.5 Å². The fraction of sp³-hybridized carbons (Fsp3) is 0.0833. The highest BCUT2D eigenvalue weighted by atomic mass is 35.5. The number of rotatable bonds is 3. The maximum atomic E-state index is 13.8. The van der Waals surface area contributed by atoms with Gasteiger partial charge in [-0.2, -0.15) is 9.37 Å². The molecule has 4 N–H and O–H groups in total. The molecule has 0 aliphatic rings. The normalized spacial score (nSPS) is 10.9. The standard InChI is InChI=1S/C12H10Cl2FN7/c1-22-4-6(10(15)21-22)9-7(13)2-5(3-8(9)14)17-12-18-11(16)19-20-12/h2-4H,1H3,(H4,16,17,18,19,20). The Morgan fingerprint density at radius 1 is 1.32 bits per heavy atom. The SMILES string of the molecule is Cn1cc(-c2c(Cl)cc(Nc3n[nH]c(N)n3)cc2Cl)c(F)n1. The maximum Gasteiger partial charge on any atom is 0.248 e. The second-order valence-corrected chi connectivity index (χ2v) is 5.31. The Bertz CT molecular complexity index is 819. The summed E-state index contributed by atoms with van der Waals surface area (Å²) < 4.78 is 15.2. The predicted molar refractivity (Wildman–Crippen MR) is 82.7 cm³/mol. The summed E-state index contributed by atoms with van der Waals surface area (Å²) in [7, 11) is 1.61. The number of anilines is 3. The zero-order chi connectivity index (χ0) is 15.9. The van der Waals surface area contributed by atoms with Crippen LogP contribution in [0.5, 0.6) is 0 Å². The fourth-order valence-electron chi connectivity index (χ4n) is 1.99. The molecule has 0 atom stereocenters. The largest absolute Gasteiger partial charge is 0.368 e. The Morgan fingerprint density at radius 3 is 2.50 bits per heavy atom. The summed E-state index contributed by atoms with van der Waals surface area (Å²) in [5.74, 6) is -0.201. The number of benzene rings is 1. The van der Waals surface area contributed by atoms with E-state index in [0.29, 0.717) is 11.3 Å². The molecule has 0 aliphatic carbocycles. The zero-order valence-corrected chi connectivity index (χ0v) is 12.7. The van der Waals surface area contributed by atoms with Crippen LogP contribution in [0.4, 0.5) is 22.0 Å². The third-order valence-corrected chi connectivity index (χ3v) is 3.45. The van der Waals surface area contributed by atoms with Gasteiger partial charge in [-0.05, 0) is 12.1 Å². The van der Waals surface area contributed by atoms with E-state index < -0.39 is 5.95 Å². The minimum absolute atomic E-state index is 0.175. The van der Waals surface area contributed by atoms with E-state index >= 15 is 0 Å². The van der Waals surface area contributed by atoms with Crippen LogP contribution in [-0.4, -0.2) is 25.0 Å². The predicted octanol–water partition coefficient (Wildman–Crippen LogP) is 2.98. The molecule has 7 nitrogen and oxygen atoms in total. The lowest BCUT2D eigenvalue weighted by Gasteiger charge is -2.09. The highest BCUT2D eigenvalue weighted by Crippen LogP contribution is 2.38. The van der Waals surface area contributed by atoms with Crippen LogP contribution in [-0.2, 0) is 7.05 Å². The smallest absolute Gasteiger partial charge is 0.248 e. The van der Waals surface area contributed by atoms with Gasteiger partial charge in [-0.25, -0.2) is 5.10 Å². The molecule has 0 bridgehead atoms. The van der Waals surface area contributed by atoms with Gasteiger partial charge < -0.3 is 11.1 Å². The van der Waals surface area contributed by atoms with E-state index in [0.717, 1.165) is 0 Å². The van der Waals surface area contributed by atoms with E-state index in [9.17, 15) is 4.39 Å². The molecule has 0 saturated carbocycles. The lowest BCUT2D eigenvalue weighted by atomic mass is 10.1. The van der Waals surface area contributed by atoms with Crippen LogP contribution in [0.25, 0.3) is 11.1 Å². The molecule has 0 fully saturated rings. The molecule has 3 aromatic rings. The zero-order valence-electron chi connectivity index (χ0n) is 11.2. The van der Waals surface area contributed by atoms with Crippen LogP contribution >= 0.6 is 23.2 Å².